The summed E-state index contributed by atoms with van der Waals surface area (Å²) in [5.74, 6) is 1.04. The first-order valence-electron chi connectivity index (χ1n) is 7.37. The van der Waals surface area contributed by atoms with Crippen LogP contribution in [0.4, 0.5) is 0 Å². The molecule has 1 aliphatic rings. The molecule has 1 fully saturated rings. The first-order valence-corrected chi connectivity index (χ1v) is 7.37. The molecule has 0 radical (unpaired) electrons. The summed E-state index contributed by atoms with van der Waals surface area (Å²) in [7, 11) is 2.09. The van der Waals surface area contributed by atoms with E-state index in [4.69, 9.17) is 0 Å². The van der Waals surface area contributed by atoms with E-state index < -0.39 is 0 Å². The monoisotopic (exact) mass is 262 g/mol. The highest BCUT2D eigenvalue weighted by Crippen LogP contribution is 2.26. The molecule has 106 valence electrons. The third-order valence-corrected chi connectivity index (χ3v) is 4.37. The SMILES string of the molecule is Cc1cc(C(=O)CN(C)C2CCCC(C)C2)c(C)[nH]1. The molecule has 0 saturated heterocycles. The standard InChI is InChI=1S/C16H26N2O/c1-11-6-5-7-14(8-11)18(4)10-16(19)15-9-12(2)17-13(15)3/h9,11,14,17H,5-8,10H2,1-4H3. The minimum absolute atomic E-state index is 0.238. The Hall–Kier alpha value is -1.09. The van der Waals surface area contributed by atoms with Crippen molar-refractivity contribution in [1.29, 1.82) is 0 Å². The Morgan fingerprint density at radius 3 is 2.74 bits per heavy atom. The van der Waals surface area contributed by atoms with Crippen LogP contribution in [0.25, 0.3) is 0 Å². The molecule has 2 unspecified atom stereocenters. The fourth-order valence-electron chi connectivity index (χ4n) is 3.26. The van der Waals surface area contributed by atoms with E-state index in [0.29, 0.717) is 12.6 Å². The number of aryl methyl sites for hydroxylation is 2. The molecule has 1 saturated carbocycles. The van der Waals surface area contributed by atoms with Crippen molar-refractivity contribution >= 4 is 5.78 Å². The van der Waals surface area contributed by atoms with Gasteiger partial charge in [-0.3, -0.25) is 9.69 Å². The van der Waals surface area contributed by atoms with Gasteiger partial charge in [-0.25, -0.2) is 0 Å². The summed E-state index contributed by atoms with van der Waals surface area (Å²) in [6, 6.07) is 2.54. The summed E-state index contributed by atoms with van der Waals surface area (Å²) in [6.07, 6.45) is 5.11. The number of nitrogens with zero attached hydrogens (tertiary/aromatic N) is 1. The van der Waals surface area contributed by atoms with E-state index in [9.17, 15) is 4.79 Å². The van der Waals surface area contributed by atoms with E-state index in [1.54, 1.807) is 0 Å². The Balaban J connectivity index is 1.96. The van der Waals surface area contributed by atoms with E-state index in [1.807, 2.05) is 19.9 Å². The van der Waals surface area contributed by atoms with Crippen LogP contribution in [0.2, 0.25) is 0 Å². The summed E-state index contributed by atoms with van der Waals surface area (Å²) in [6.45, 7) is 6.83. The highest BCUT2D eigenvalue weighted by atomic mass is 16.1. The fourth-order valence-corrected chi connectivity index (χ4v) is 3.26. The number of H-pyrrole nitrogens is 1. The lowest BCUT2D eigenvalue weighted by Crippen LogP contribution is -2.38. The Bertz CT molecular complexity index is 450. The van der Waals surface area contributed by atoms with Crippen molar-refractivity contribution < 1.29 is 4.79 Å². The van der Waals surface area contributed by atoms with E-state index in [0.717, 1.165) is 22.9 Å². The number of aromatic nitrogens is 1. The van der Waals surface area contributed by atoms with Crippen LogP contribution < -0.4 is 0 Å². The number of nitrogens with one attached hydrogen (secondary N) is 1. The number of ketones is 1. The summed E-state index contributed by atoms with van der Waals surface area (Å²) < 4.78 is 0. The van der Waals surface area contributed by atoms with Crippen LogP contribution in [0.3, 0.4) is 0 Å². The van der Waals surface area contributed by atoms with Crippen LogP contribution in [0, 0.1) is 19.8 Å². The van der Waals surface area contributed by atoms with Crippen molar-refractivity contribution in [3.63, 3.8) is 0 Å². The number of carbonyl (C=O) groups is 1. The summed E-state index contributed by atoms with van der Waals surface area (Å²) in [4.78, 5) is 17.8. The maximum atomic E-state index is 12.4. The molecule has 19 heavy (non-hydrogen) atoms. The van der Waals surface area contributed by atoms with Gasteiger partial charge in [0.05, 0.1) is 6.54 Å². The molecule has 1 aromatic rings. The Morgan fingerprint density at radius 1 is 1.42 bits per heavy atom. The van der Waals surface area contributed by atoms with Gasteiger partial charge in [0, 0.05) is 23.0 Å². The van der Waals surface area contributed by atoms with E-state index >= 15 is 0 Å². The minimum Gasteiger partial charge on any atom is -0.362 e. The van der Waals surface area contributed by atoms with Gasteiger partial charge >= 0.3 is 0 Å². The Morgan fingerprint density at radius 2 is 2.16 bits per heavy atom. The molecule has 0 bridgehead atoms. The second-order valence-electron chi connectivity index (χ2n) is 6.25. The molecule has 0 aliphatic heterocycles. The van der Waals surface area contributed by atoms with E-state index in [2.05, 4.69) is 23.9 Å². The molecule has 2 atom stereocenters. The summed E-state index contributed by atoms with van der Waals surface area (Å²) in [5, 5.41) is 0. The number of rotatable bonds is 4. The van der Waals surface area contributed by atoms with E-state index in [-0.39, 0.29) is 5.78 Å². The number of hydrogen-bond acceptors (Lipinski definition) is 2. The molecule has 3 nitrogen and oxygen atoms in total. The maximum Gasteiger partial charge on any atom is 0.178 e. The quantitative estimate of drug-likeness (QED) is 0.845. The van der Waals surface area contributed by atoms with Crippen molar-refractivity contribution in [1.82, 2.24) is 9.88 Å². The fraction of sp³-hybridized carbons (Fsp3) is 0.688. The molecule has 1 heterocycles. The van der Waals surface area contributed by atoms with Crippen LogP contribution in [0.5, 0.6) is 0 Å². The highest BCUT2D eigenvalue weighted by molar-refractivity contribution is 5.98. The van der Waals surface area contributed by atoms with Gasteiger partial charge in [-0.15, -0.1) is 0 Å². The van der Waals surface area contributed by atoms with Gasteiger partial charge in [-0.05, 0) is 45.7 Å². The smallest absolute Gasteiger partial charge is 0.178 e. The number of carbonyl (C=O) groups excluding carboxylic acids is 1. The number of hydrogen-bond donors (Lipinski definition) is 1. The zero-order valence-corrected chi connectivity index (χ0v) is 12.6. The normalized spacial score (nSPS) is 23.8. The molecule has 1 aliphatic carbocycles. The van der Waals surface area contributed by atoms with Crippen LogP contribution in [0.15, 0.2) is 6.07 Å². The highest BCUT2D eigenvalue weighted by Gasteiger charge is 2.24. The molecule has 0 spiro atoms. The van der Waals surface area contributed by atoms with Crippen molar-refractivity contribution in [3.8, 4) is 0 Å². The van der Waals surface area contributed by atoms with Crippen molar-refractivity contribution in [2.45, 2.75) is 52.5 Å². The number of aromatic amines is 1. The molecule has 3 heteroatoms. The van der Waals surface area contributed by atoms with Gasteiger partial charge in [0.2, 0.25) is 0 Å². The van der Waals surface area contributed by atoms with Gasteiger partial charge in [-0.1, -0.05) is 19.8 Å². The molecular weight excluding hydrogens is 236 g/mol. The van der Waals surface area contributed by atoms with Crippen LogP contribution >= 0.6 is 0 Å². The van der Waals surface area contributed by atoms with Crippen molar-refractivity contribution in [3.05, 3.63) is 23.0 Å². The van der Waals surface area contributed by atoms with Gasteiger partial charge in [-0.2, -0.15) is 0 Å². The zero-order valence-electron chi connectivity index (χ0n) is 12.6. The molecule has 1 aromatic heterocycles. The maximum absolute atomic E-state index is 12.4. The summed E-state index contributed by atoms with van der Waals surface area (Å²) >= 11 is 0. The lowest BCUT2D eigenvalue weighted by Gasteiger charge is -2.33. The van der Waals surface area contributed by atoms with Crippen LogP contribution in [-0.2, 0) is 0 Å². The van der Waals surface area contributed by atoms with Gasteiger partial charge in [0.25, 0.3) is 0 Å². The first-order chi connectivity index (χ1) is 8.97. The average Bonchev–Trinajstić information content (AvgIpc) is 2.68. The van der Waals surface area contributed by atoms with Crippen LogP contribution in [-0.4, -0.2) is 35.3 Å². The Kier molecular flexibility index (Phi) is 4.46. The predicted octanol–water partition coefficient (Wildman–Crippen LogP) is 3.32. The Labute approximate surface area is 116 Å². The average molecular weight is 262 g/mol. The minimum atomic E-state index is 0.238. The molecule has 2 rings (SSSR count). The lowest BCUT2D eigenvalue weighted by atomic mass is 9.86. The second kappa shape index (κ2) is 5.91. The first kappa shape index (κ1) is 14.3. The van der Waals surface area contributed by atoms with Crippen molar-refractivity contribution in [2.75, 3.05) is 13.6 Å². The zero-order chi connectivity index (χ0) is 14.0. The number of likely N-dealkylation sites (N-methyl/N-ethyl adjacent to an activating group) is 1. The van der Waals surface area contributed by atoms with Gasteiger partial charge in [0.1, 0.15) is 0 Å². The molecule has 0 aromatic carbocycles. The molecule has 1 N–H and O–H groups in total. The topological polar surface area (TPSA) is 36.1 Å². The largest absolute Gasteiger partial charge is 0.362 e. The van der Waals surface area contributed by atoms with E-state index in [1.165, 1.54) is 25.7 Å². The molecule has 0 amide bonds. The molecular formula is C16H26N2O. The third-order valence-electron chi connectivity index (χ3n) is 4.37. The van der Waals surface area contributed by atoms with Gasteiger partial charge < -0.3 is 4.98 Å². The lowest BCUT2D eigenvalue weighted by molar-refractivity contribution is 0.0882. The third kappa shape index (κ3) is 3.47. The van der Waals surface area contributed by atoms with Gasteiger partial charge in [0.15, 0.2) is 5.78 Å². The predicted molar refractivity (Wildman–Crippen MR) is 78.6 cm³/mol. The van der Waals surface area contributed by atoms with Crippen molar-refractivity contribution in [2.24, 2.45) is 5.92 Å². The second-order valence-corrected chi connectivity index (χ2v) is 6.25. The van der Waals surface area contributed by atoms with Crippen LogP contribution in [0.1, 0.15) is 54.4 Å². The number of Topliss-reactive ketones (excluding diaryl/α,β-unsaturated/α-hetero) is 1. The summed E-state index contributed by atoms with van der Waals surface area (Å²) in [5.41, 5.74) is 2.91.